The fourth-order valence-electron chi connectivity index (χ4n) is 4.11. The smallest absolute Gasteiger partial charge is 0.224 e. The fraction of sp³-hybridized carbons (Fsp3) is 0.480. The van der Waals surface area contributed by atoms with Crippen LogP contribution in [0.15, 0.2) is 30.3 Å². The second-order valence-corrected chi connectivity index (χ2v) is 9.93. The van der Waals surface area contributed by atoms with Crippen LogP contribution >= 0.6 is 0 Å². The van der Waals surface area contributed by atoms with Crippen molar-refractivity contribution in [1.82, 2.24) is 0 Å². The summed E-state index contributed by atoms with van der Waals surface area (Å²) in [6.45, 7) is 16.8. The normalized spacial score (nSPS) is 17.8. The SMILES string of the molecule is Cc1ccc(C2c3cc(NC(=O)CC(C)(C)C)c(C)c(C)c3OC2(C)C)cc1. The van der Waals surface area contributed by atoms with Gasteiger partial charge in [-0.1, -0.05) is 50.6 Å². The van der Waals surface area contributed by atoms with E-state index in [1.165, 1.54) is 11.1 Å². The molecule has 0 aliphatic carbocycles. The summed E-state index contributed by atoms with van der Waals surface area (Å²) in [7, 11) is 0. The van der Waals surface area contributed by atoms with Crippen molar-refractivity contribution in [1.29, 1.82) is 0 Å². The summed E-state index contributed by atoms with van der Waals surface area (Å²) in [5, 5.41) is 3.15. The number of nitrogens with one attached hydrogen (secondary N) is 1. The van der Waals surface area contributed by atoms with E-state index in [4.69, 9.17) is 4.74 Å². The Balaban J connectivity index is 2.05. The summed E-state index contributed by atoms with van der Waals surface area (Å²) in [5.41, 5.74) is 6.32. The first-order valence-electron chi connectivity index (χ1n) is 10.1. The number of carbonyl (C=O) groups excluding carboxylic acids is 1. The number of rotatable bonds is 3. The van der Waals surface area contributed by atoms with E-state index in [-0.39, 0.29) is 22.8 Å². The first-order chi connectivity index (χ1) is 12.9. The van der Waals surface area contributed by atoms with E-state index in [1.807, 2.05) is 0 Å². The van der Waals surface area contributed by atoms with Crippen LogP contribution in [0.4, 0.5) is 5.69 Å². The number of benzene rings is 2. The molecule has 1 amide bonds. The number of anilines is 1. The lowest BCUT2D eigenvalue weighted by Crippen LogP contribution is -2.31. The molecule has 1 aliphatic heterocycles. The molecule has 1 heterocycles. The monoisotopic (exact) mass is 379 g/mol. The number of amides is 1. The van der Waals surface area contributed by atoms with Crippen LogP contribution in [0.25, 0.3) is 0 Å². The number of carbonyl (C=O) groups is 1. The van der Waals surface area contributed by atoms with Gasteiger partial charge < -0.3 is 10.1 Å². The van der Waals surface area contributed by atoms with Crippen molar-refractivity contribution in [3.63, 3.8) is 0 Å². The summed E-state index contributed by atoms with van der Waals surface area (Å²) in [6.07, 6.45) is 0.492. The van der Waals surface area contributed by atoms with Crippen LogP contribution in [0.3, 0.4) is 0 Å². The largest absolute Gasteiger partial charge is 0.486 e. The lowest BCUT2D eigenvalue weighted by Gasteiger charge is -2.27. The van der Waals surface area contributed by atoms with E-state index in [0.717, 1.165) is 28.1 Å². The summed E-state index contributed by atoms with van der Waals surface area (Å²) in [4.78, 5) is 12.6. The standard InChI is InChI=1S/C25H33NO2/c1-15-9-11-18(12-10-15)22-19-13-20(26-21(27)14-24(4,5)6)16(2)17(3)23(19)28-25(22,7)8/h9-13,22H,14H2,1-8H3,(H,26,27). The van der Waals surface area contributed by atoms with Gasteiger partial charge in [0, 0.05) is 17.7 Å². The minimum absolute atomic E-state index is 0.0424. The Labute approximate surface area is 169 Å². The van der Waals surface area contributed by atoms with Gasteiger partial charge in [0.05, 0.1) is 5.92 Å². The van der Waals surface area contributed by atoms with Gasteiger partial charge in [0.1, 0.15) is 11.4 Å². The number of ether oxygens (including phenoxy) is 1. The Morgan fingerprint density at radius 2 is 1.68 bits per heavy atom. The fourth-order valence-corrected chi connectivity index (χ4v) is 4.11. The topological polar surface area (TPSA) is 38.3 Å². The van der Waals surface area contributed by atoms with E-state index in [0.29, 0.717) is 6.42 Å². The van der Waals surface area contributed by atoms with Gasteiger partial charge >= 0.3 is 0 Å². The van der Waals surface area contributed by atoms with Crippen molar-refractivity contribution in [2.45, 2.75) is 73.3 Å². The second kappa shape index (κ2) is 6.95. The molecule has 0 saturated heterocycles. The average molecular weight is 380 g/mol. The van der Waals surface area contributed by atoms with Crippen LogP contribution in [-0.4, -0.2) is 11.5 Å². The molecule has 0 aromatic heterocycles. The van der Waals surface area contributed by atoms with Crippen LogP contribution in [-0.2, 0) is 4.79 Å². The predicted octanol–water partition coefficient (Wildman–Crippen LogP) is 6.29. The molecule has 28 heavy (non-hydrogen) atoms. The summed E-state index contributed by atoms with van der Waals surface area (Å²) in [5.74, 6) is 1.14. The van der Waals surface area contributed by atoms with Gasteiger partial charge in [-0.15, -0.1) is 0 Å². The third-order valence-corrected chi connectivity index (χ3v) is 5.62. The van der Waals surface area contributed by atoms with Gasteiger partial charge in [0.2, 0.25) is 5.91 Å². The number of hydrogen-bond donors (Lipinski definition) is 1. The van der Waals surface area contributed by atoms with E-state index >= 15 is 0 Å². The number of aryl methyl sites for hydroxylation is 1. The lowest BCUT2D eigenvalue weighted by atomic mass is 9.80. The maximum Gasteiger partial charge on any atom is 0.224 e. The Kier molecular flexibility index (Phi) is 5.07. The first-order valence-corrected chi connectivity index (χ1v) is 10.1. The average Bonchev–Trinajstić information content (AvgIpc) is 2.82. The Hall–Kier alpha value is -2.29. The van der Waals surface area contributed by atoms with Gasteiger partial charge in [-0.2, -0.15) is 0 Å². The Morgan fingerprint density at radius 3 is 2.25 bits per heavy atom. The summed E-state index contributed by atoms with van der Waals surface area (Å²) in [6, 6.07) is 10.8. The van der Waals surface area contributed by atoms with Crippen molar-refractivity contribution in [3.05, 3.63) is 58.1 Å². The molecule has 1 unspecified atom stereocenters. The molecular formula is C25H33NO2. The van der Waals surface area contributed by atoms with E-state index in [2.05, 4.69) is 91.0 Å². The molecule has 3 heteroatoms. The zero-order chi connectivity index (χ0) is 20.9. The third-order valence-electron chi connectivity index (χ3n) is 5.62. The second-order valence-electron chi connectivity index (χ2n) is 9.93. The highest BCUT2D eigenvalue weighted by Gasteiger charge is 2.43. The highest BCUT2D eigenvalue weighted by atomic mass is 16.5. The summed E-state index contributed by atoms with van der Waals surface area (Å²) >= 11 is 0. The van der Waals surface area contributed by atoms with E-state index < -0.39 is 0 Å². The maximum atomic E-state index is 12.6. The number of hydrogen-bond acceptors (Lipinski definition) is 2. The summed E-state index contributed by atoms with van der Waals surface area (Å²) < 4.78 is 6.43. The van der Waals surface area contributed by atoms with Crippen molar-refractivity contribution in [3.8, 4) is 5.75 Å². The third kappa shape index (κ3) is 3.94. The number of fused-ring (bicyclic) bond motifs is 1. The van der Waals surface area contributed by atoms with Crippen LogP contribution in [0, 0.1) is 26.2 Å². The molecule has 0 radical (unpaired) electrons. The maximum absolute atomic E-state index is 12.6. The van der Waals surface area contributed by atoms with E-state index in [9.17, 15) is 4.79 Å². The minimum atomic E-state index is -0.344. The lowest BCUT2D eigenvalue weighted by molar-refractivity contribution is -0.117. The Morgan fingerprint density at radius 1 is 1.07 bits per heavy atom. The Bertz CT molecular complexity index is 902. The van der Waals surface area contributed by atoms with Crippen molar-refractivity contribution in [2.75, 3.05) is 5.32 Å². The van der Waals surface area contributed by atoms with Crippen LogP contribution in [0.2, 0.25) is 0 Å². The molecule has 0 fully saturated rings. The molecule has 0 saturated carbocycles. The van der Waals surface area contributed by atoms with Crippen molar-refractivity contribution in [2.24, 2.45) is 5.41 Å². The van der Waals surface area contributed by atoms with Gasteiger partial charge in [-0.05, 0) is 62.8 Å². The van der Waals surface area contributed by atoms with Gasteiger partial charge in [0.15, 0.2) is 0 Å². The molecule has 2 aromatic rings. The van der Waals surface area contributed by atoms with Crippen LogP contribution in [0.1, 0.15) is 74.8 Å². The molecule has 3 rings (SSSR count). The molecule has 150 valence electrons. The molecule has 1 aliphatic rings. The van der Waals surface area contributed by atoms with E-state index in [1.54, 1.807) is 0 Å². The van der Waals surface area contributed by atoms with Gasteiger partial charge in [-0.25, -0.2) is 0 Å². The molecule has 3 nitrogen and oxygen atoms in total. The van der Waals surface area contributed by atoms with Crippen LogP contribution in [0.5, 0.6) is 5.75 Å². The molecule has 0 spiro atoms. The minimum Gasteiger partial charge on any atom is -0.486 e. The van der Waals surface area contributed by atoms with Gasteiger partial charge in [-0.3, -0.25) is 4.79 Å². The van der Waals surface area contributed by atoms with Crippen LogP contribution < -0.4 is 10.1 Å². The van der Waals surface area contributed by atoms with Crippen molar-refractivity contribution < 1.29 is 9.53 Å². The molecule has 1 N–H and O–H groups in total. The molecule has 0 bridgehead atoms. The zero-order valence-electron chi connectivity index (χ0n) is 18.5. The van der Waals surface area contributed by atoms with Crippen molar-refractivity contribution >= 4 is 11.6 Å². The predicted molar refractivity (Wildman–Crippen MR) is 116 cm³/mol. The highest BCUT2D eigenvalue weighted by Crippen LogP contribution is 2.51. The molecule has 1 atom stereocenters. The highest BCUT2D eigenvalue weighted by molar-refractivity contribution is 5.92. The first kappa shape index (κ1) is 20.4. The molecular weight excluding hydrogens is 346 g/mol. The van der Waals surface area contributed by atoms with Gasteiger partial charge in [0.25, 0.3) is 0 Å². The quantitative estimate of drug-likeness (QED) is 0.680. The molecule has 2 aromatic carbocycles. The zero-order valence-corrected chi connectivity index (χ0v) is 18.5.